The second kappa shape index (κ2) is 24.5. The molecule has 0 rings (SSSR count). The first-order valence-corrected chi connectivity index (χ1v) is 1.64. The maximum absolute atomic E-state index is 8.93. The zero-order valence-corrected chi connectivity index (χ0v) is 3.81. The topological polar surface area (TPSA) is 39.8 Å². The second-order valence-electron chi connectivity index (χ2n) is 0.455. The highest BCUT2D eigenvalue weighted by Gasteiger charge is 1.39. The number of rotatable bonds is 0. The van der Waals surface area contributed by atoms with Crippen LogP contribution in [0.5, 0.6) is 0 Å². The summed E-state index contributed by atoms with van der Waals surface area (Å²) >= 11 is 0. The summed E-state index contributed by atoms with van der Waals surface area (Å²) in [4.78, 5) is 0. The lowest BCUT2D eigenvalue weighted by Gasteiger charge is -1.45. The summed E-state index contributed by atoms with van der Waals surface area (Å²) in [6.45, 7) is 4.38. The third-order valence-electron chi connectivity index (χ3n) is 0. The fourth-order valence-electron chi connectivity index (χ4n) is 0. The van der Waals surface area contributed by atoms with Crippen LogP contribution in [-0.2, 0) is 10.2 Å². The van der Waals surface area contributed by atoms with Crippen molar-refractivity contribution in [1.29, 1.82) is 0 Å². The Hall–Kier alpha value is -0.500. The molecule has 0 fully saturated rings. The molecule has 2 heteroatoms. The molecule has 0 aliphatic rings. The van der Waals surface area contributed by atoms with Crippen molar-refractivity contribution in [3.63, 3.8) is 0 Å². The Kier molecular flexibility index (Phi) is 37.1. The molecule has 2 radical (unpaired) electrons. The zero-order valence-electron chi connectivity index (χ0n) is 3.81. The maximum atomic E-state index is 8.93. The molecule has 0 atom stereocenters. The predicted octanol–water partition coefficient (Wildman–Crippen LogP) is 0.997. The van der Waals surface area contributed by atoms with Gasteiger partial charge in [0, 0.05) is 0 Å². The molecule has 0 aliphatic heterocycles. The van der Waals surface area contributed by atoms with Crippen molar-refractivity contribution < 1.29 is 10.2 Å². The highest BCUT2D eigenvalue weighted by molar-refractivity contribution is 4.37. The lowest BCUT2D eigenvalue weighted by atomic mass is 10.9. The average Bonchev–Trinajstić information content (AvgIpc) is 1.39. The Balaban J connectivity index is 0. The van der Waals surface area contributed by atoms with E-state index in [0.29, 0.717) is 6.26 Å². The second-order valence-corrected chi connectivity index (χ2v) is 0.455. The van der Waals surface area contributed by atoms with Gasteiger partial charge >= 0.3 is 0 Å². The third-order valence-corrected chi connectivity index (χ3v) is 0. The minimum atomic E-state index is 0. The molecule has 0 aromatic rings. The Morgan fingerprint density at radius 2 is 1.83 bits per heavy atom. The number of hydrogen-bond acceptors (Lipinski definition) is 0. The van der Waals surface area contributed by atoms with Gasteiger partial charge < -0.3 is 0 Å². The van der Waals surface area contributed by atoms with E-state index < -0.39 is 0 Å². The molecule has 0 N–H and O–H groups in total. The smallest absolute Gasteiger partial charge is 0.135 e. The Bertz CT molecular complexity index is 19.5. The van der Waals surface area contributed by atoms with Gasteiger partial charge in [0.05, 0.1) is 6.61 Å². The molecular weight excluding hydrogens is 80.0 g/mol. The summed E-state index contributed by atoms with van der Waals surface area (Å²) in [5, 5.41) is 17.6. The van der Waals surface area contributed by atoms with Crippen LogP contribution in [0.15, 0.2) is 12.8 Å². The first-order chi connectivity index (χ1) is 2.83. The Morgan fingerprint density at radius 1 is 1.83 bits per heavy atom. The molecule has 36 valence electrons. The van der Waals surface area contributed by atoms with E-state index in [2.05, 4.69) is 6.58 Å². The minimum absolute atomic E-state index is 0. The molecule has 2 nitrogen and oxygen atoms in total. The highest BCUT2D eigenvalue weighted by atomic mass is 16.2. The van der Waals surface area contributed by atoms with Crippen LogP contribution in [0.1, 0.15) is 6.92 Å². The first-order valence-electron chi connectivity index (χ1n) is 1.64. The van der Waals surface area contributed by atoms with Gasteiger partial charge in [0.15, 0.2) is 0 Å². The predicted molar refractivity (Wildman–Crippen MR) is 22.1 cm³/mol. The van der Waals surface area contributed by atoms with Crippen LogP contribution < -0.4 is 0 Å². The zero-order chi connectivity index (χ0) is 5.41. The van der Waals surface area contributed by atoms with Crippen molar-refractivity contribution >= 4 is 0 Å². The molecule has 0 amide bonds. The third kappa shape index (κ3) is 87.5. The van der Waals surface area contributed by atoms with Crippen molar-refractivity contribution in [2.75, 3.05) is 6.61 Å². The van der Waals surface area contributed by atoms with Gasteiger partial charge in [-0.25, -0.2) is 5.11 Å². The summed E-state index contributed by atoms with van der Waals surface area (Å²) in [6.07, 6.45) is 0.500. The summed E-state index contributed by atoms with van der Waals surface area (Å²) in [5.41, 5.74) is 0. The minimum Gasteiger partial charge on any atom is -0.299 e. The Labute approximate surface area is 37.7 Å². The summed E-state index contributed by atoms with van der Waals surface area (Å²) < 4.78 is 0. The monoisotopic (exact) mass is 88.1 g/mol. The number of hydrogen-bond donors (Lipinski definition) is 0. The van der Waals surface area contributed by atoms with E-state index in [1.54, 1.807) is 6.92 Å². The molecule has 0 aromatic carbocycles. The lowest BCUT2D eigenvalue weighted by Crippen LogP contribution is -1.52. The van der Waals surface area contributed by atoms with Crippen LogP contribution in [0.4, 0.5) is 0 Å². The van der Waals surface area contributed by atoms with Crippen LogP contribution in [0, 0.1) is 0 Å². The SMILES string of the molecule is C=C[O].CC[O]. The van der Waals surface area contributed by atoms with E-state index in [4.69, 9.17) is 10.2 Å². The van der Waals surface area contributed by atoms with Gasteiger partial charge in [0.2, 0.25) is 0 Å². The molecule has 0 saturated carbocycles. The standard InChI is InChI=1S/C2H5O.C2H3O/c2*1-2-3/h2H2,1H3;2H,1H2. The molecule has 0 unspecified atom stereocenters. The van der Waals surface area contributed by atoms with Gasteiger partial charge in [-0.1, -0.05) is 6.58 Å². The maximum Gasteiger partial charge on any atom is 0.135 e. The van der Waals surface area contributed by atoms with Crippen LogP contribution in [-0.4, -0.2) is 6.61 Å². The van der Waals surface area contributed by atoms with Gasteiger partial charge in [0.1, 0.15) is 6.26 Å². The normalized spacial score (nSPS) is 5.00. The largest absolute Gasteiger partial charge is 0.299 e. The highest BCUT2D eigenvalue weighted by Crippen LogP contribution is 1.33. The molecule has 0 bridgehead atoms. The first kappa shape index (κ1) is 9.09. The van der Waals surface area contributed by atoms with E-state index in [0.717, 1.165) is 0 Å². The van der Waals surface area contributed by atoms with Crippen molar-refractivity contribution in [2.45, 2.75) is 6.92 Å². The van der Waals surface area contributed by atoms with E-state index in [1.165, 1.54) is 0 Å². The molecule has 0 heterocycles. The van der Waals surface area contributed by atoms with Gasteiger partial charge in [0.25, 0.3) is 0 Å². The van der Waals surface area contributed by atoms with Crippen molar-refractivity contribution in [3.8, 4) is 0 Å². The molecule has 0 saturated heterocycles. The molecular formula is C4H8O2. The fraction of sp³-hybridized carbons (Fsp3) is 0.500. The average molecular weight is 88.1 g/mol. The van der Waals surface area contributed by atoms with E-state index in [9.17, 15) is 0 Å². The van der Waals surface area contributed by atoms with Gasteiger partial charge in [-0.05, 0) is 6.92 Å². The Morgan fingerprint density at radius 3 is 1.83 bits per heavy atom. The molecule has 0 aliphatic carbocycles. The van der Waals surface area contributed by atoms with Crippen LogP contribution >= 0.6 is 0 Å². The van der Waals surface area contributed by atoms with E-state index in [1.807, 2.05) is 0 Å². The van der Waals surface area contributed by atoms with E-state index >= 15 is 0 Å². The molecule has 6 heavy (non-hydrogen) atoms. The van der Waals surface area contributed by atoms with Crippen LogP contribution in [0.2, 0.25) is 0 Å². The summed E-state index contributed by atoms with van der Waals surface area (Å²) in [7, 11) is 0. The van der Waals surface area contributed by atoms with Gasteiger partial charge in [-0.15, -0.1) is 0 Å². The summed E-state index contributed by atoms with van der Waals surface area (Å²) in [6, 6.07) is 0. The van der Waals surface area contributed by atoms with Crippen molar-refractivity contribution in [3.05, 3.63) is 12.8 Å². The van der Waals surface area contributed by atoms with Crippen molar-refractivity contribution in [2.24, 2.45) is 0 Å². The quantitative estimate of drug-likeness (QED) is 0.396. The van der Waals surface area contributed by atoms with Crippen molar-refractivity contribution in [1.82, 2.24) is 0 Å². The van der Waals surface area contributed by atoms with Gasteiger partial charge in [-0.2, -0.15) is 0 Å². The molecule has 0 spiro atoms. The lowest BCUT2D eigenvalue weighted by molar-refractivity contribution is 0.212. The van der Waals surface area contributed by atoms with Crippen LogP contribution in [0.25, 0.3) is 0 Å². The molecule has 0 aromatic heterocycles. The summed E-state index contributed by atoms with van der Waals surface area (Å²) in [5.74, 6) is 0. The van der Waals surface area contributed by atoms with E-state index in [-0.39, 0.29) is 6.61 Å². The fourth-order valence-corrected chi connectivity index (χ4v) is 0. The van der Waals surface area contributed by atoms with Gasteiger partial charge in [-0.3, -0.25) is 5.11 Å². The van der Waals surface area contributed by atoms with Crippen LogP contribution in [0.3, 0.4) is 0 Å².